The van der Waals surface area contributed by atoms with E-state index >= 15 is 0 Å². The number of aromatic nitrogens is 2. The van der Waals surface area contributed by atoms with Crippen molar-refractivity contribution in [1.29, 1.82) is 0 Å². The van der Waals surface area contributed by atoms with Crippen molar-refractivity contribution in [2.45, 2.75) is 26.0 Å². The Morgan fingerprint density at radius 1 is 1.18 bits per heavy atom. The molecule has 0 aliphatic rings. The smallest absolute Gasteiger partial charge is 0.272 e. The van der Waals surface area contributed by atoms with Crippen LogP contribution in [0.4, 0.5) is 4.39 Å². The Balaban J connectivity index is 1.84. The van der Waals surface area contributed by atoms with Crippen molar-refractivity contribution in [3.63, 3.8) is 0 Å². The summed E-state index contributed by atoms with van der Waals surface area (Å²) in [5, 5.41) is 14.6. The number of aliphatic hydroxyl groups excluding tert-OH is 1. The number of rotatable bonds is 7. The predicted octanol–water partition coefficient (Wildman–Crippen LogP) is 3.84. The van der Waals surface area contributed by atoms with Crippen molar-refractivity contribution < 1.29 is 14.2 Å². The van der Waals surface area contributed by atoms with Crippen LogP contribution in [0.25, 0.3) is 11.3 Å². The molecule has 0 atom stereocenters. The summed E-state index contributed by atoms with van der Waals surface area (Å²) in [5.41, 5.74) is 1.88. The highest BCUT2D eigenvalue weighted by Gasteiger charge is 2.12. The fourth-order valence-electron chi connectivity index (χ4n) is 2.91. The molecule has 0 unspecified atom stereocenters. The molecule has 28 heavy (non-hydrogen) atoms. The van der Waals surface area contributed by atoms with Crippen molar-refractivity contribution >= 4 is 11.6 Å². The summed E-state index contributed by atoms with van der Waals surface area (Å²) in [6, 6.07) is 13.5. The van der Waals surface area contributed by atoms with Gasteiger partial charge in [-0.25, -0.2) is 9.07 Å². The van der Waals surface area contributed by atoms with Gasteiger partial charge in [0.05, 0.1) is 19.4 Å². The molecule has 0 bridgehead atoms. The van der Waals surface area contributed by atoms with Gasteiger partial charge in [0.2, 0.25) is 0 Å². The summed E-state index contributed by atoms with van der Waals surface area (Å²) in [6.07, 6.45) is 1.43. The van der Waals surface area contributed by atoms with E-state index in [2.05, 4.69) is 5.10 Å². The summed E-state index contributed by atoms with van der Waals surface area (Å²) in [4.78, 5) is 12.5. The Kier molecular flexibility index (Phi) is 6.44. The normalized spacial score (nSPS) is 10.9. The molecule has 146 valence electrons. The molecule has 0 saturated heterocycles. The van der Waals surface area contributed by atoms with Crippen LogP contribution in [-0.2, 0) is 19.6 Å². The second-order valence-electron chi connectivity index (χ2n) is 6.32. The van der Waals surface area contributed by atoms with Crippen LogP contribution >= 0.6 is 11.6 Å². The van der Waals surface area contributed by atoms with E-state index in [4.69, 9.17) is 16.3 Å². The first-order chi connectivity index (χ1) is 13.5. The van der Waals surface area contributed by atoms with E-state index in [9.17, 15) is 14.3 Å². The molecule has 0 spiro atoms. The average molecular weight is 403 g/mol. The van der Waals surface area contributed by atoms with Crippen molar-refractivity contribution in [3.8, 4) is 17.0 Å². The van der Waals surface area contributed by atoms with E-state index in [1.165, 1.54) is 30.0 Å². The second kappa shape index (κ2) is 8.99. The Morgan fingerprint density at radius 2 is 1.93 bits per heavy atom. The zero-order valence-electron chi connectivity index (χ0n) is 15.4. The number of aryl methyl sites for hydroxylation is 2. The first-order valence-corrected chi connectivity index (χ1v) is 9.20. The predicted molar refractivity (Wildman–Crippen MR) is 106 cm³/mol. The molecule has 0 radical (unpaired) electrons. The van der Waals surface area contributed by atoms with Crippen LogP contribution in [0.2, 0.25) is 5.02 Å². The lowest BCUT2D eigenvalue weighted by atomic mass is 10.1. The zero-order chi connectivity index (χ0) is 20.1. The summed E-state index contributed by atoms with van der Waals surface area (Å²) in [7, 11) is 1.39. The molecule has 0 fully saturated rings. The molecule has 3 rings (SSSR count). The number of halogens is 2. The molecule has 7 heteroatoms. The van der Waals surface area contributed by atoms with Gasteiger partial charge in [-0.15, -0.1) is 0 Å². The van der Waals surface area contributed by atoms with Gasteiger partial charge in [0.15, 0.2) is 11.6 Å². The summed E-state index contributed by atoms with van der Waals surface area (Å²) < 4.78 is 20.3. The fourth-order valence-corrected chi connectivity index (χ4v) is 3.04. The van der Waals surface area contributed by atoms with E-state index in [-0.39, 0.29) is 16.9 Å². The average Bonchev–Trinajstić information content (AvgIpc) is 2.70. The largest absolute Gasteiger partial charge is 0.494 e. The Labute approximate surface area is 167 Å². The van der Waals surface area contributed by atoms with Crippen LogP contribution in [0.3, 0.4) is 0 Å². The molecule has 5 nitrogen and oxygen atoms in total. The molecule has 0 aliphatic carbocycles. The van der Waals surface area contributed by atoms with Gasteiger partial charge < -0.3 is 9.84 Å². The third-order valence-corrected chi connectivity index (χ3v) is 4.67. The quantitative estimate of drug-likeness (QED) is 0.652. The van der Waals surface area contributed by atoms with Gasteiger partial charge in [-0.3, -0.25) is 4.79 Å². The van der Waals surface area contributed by atoms with Gasteiger partial charge in [-0.2, -0.15) is 5.10 Å². The monoisotopic (exact) mass is 402 g/mol. The highest BCUT2D eigenvalue weighted by molar-refractivity contribution is 6.30. The lowest BCUT2D eigenvalue weighted by Gasteiger charge is -2.11. The van der Waals surface area contributed by atoms with Gasteiger partial charge >= 0.3 is 0 Å². The van der Waals surface area contributed by atoms with Crippen molar-refractivity contribution in [3.05, 3.63) is 80.9 Å². The summed E-state index contributed by atoms with van der Waals surface area (Å²) >= 11 is 5.89. The van der Waals surface area contributed by atoms with Crippen molar-refractivity contribution in [2.24, 2.45) is 0 Å². The maximum Gasteiger partial charge on any atom is 0.272 e. The summed E-state index contributed by atoms with van der Waals surface area (Å²) in [5.74, 6) is -0.393. The number of aliphatic hydroxyl groups is 1. The molecule has 0 amide bonds. The molecular formula is C21H20ClFN2O3. The van der Waals surface area contributed by atoms with Crippen LogP contribution in [0.5, 0.6) is 5.75 Å². The lowest BCUT2D eigenvalue weighted by molar-refractivity contribution is 0.278. The van der Waals surface area contributed by atoms with E-state index < -0.39 is 12.4 Å². The number of methoxy groups -OCH3 is 1. The van der Waals surface area contributed by atoms with Crippen LogP contribution in [-0.4, -0.2) is 22.0 Å². The minimum atomic E-state index is -0.521. The molecule has 1 aromatic heterocycles. The van der Waals surface area contributed by atoms with Gasteiger partial charge in [0.25, 0.3) is 5.56 Å². The maximum atomic E-state index is 14.0. The van der Waals surface area contributed by atoms with Crippen LogP contribution in [0.1, 0.15) is 17.5 Å². The number of hydrogen-bond donors (Lipinski definition) is 1. The van der Waals surface area contributed by atoms with Gasteiger partial charge in [0.1, 0.15) is 0 Å². The number of nitrogens with zero attached hydrogens (tertiary/aromatic N) is 2. The lowest BCUT2D eigenvalue weighted by Crippen LogP contribution is -2.27. The topological polar surface area (TPSA) is 64.3 Å². The van der Waals surface area contributed by atoms with E-state index in [1.807, 2.05) is 24.3 Å². The highest BCUT2D eigenvalue weighted by atomic mass is 35.5. The third-order valence-electron chi connectivity index (χ3n) is 4.42. The highest BCUT2D eigenvalue weighted by Crippen LogP contribution is 2.24. The molecule has 2 aromatic carbocycles. The summed E-state index contributed by atoms with van der Waals surface area (Å²) in [6.45, 7) is -0.0366. The molecule has 0 aliphatic heterocycles. The van der Waals surface area contributed by atoms with Gasteiger partial charge in [-0.1, -0.05) is 23.7 Å². The molecule has 3 aromatic rings. The molecule has 1 N–H and O–H groups in total. The van der Waals surface area contributed by atoms with Crippen molar-refractivity contribution in [2.75, 3.05) is 7.11 Å². The van der Waals surface area contributed by atoms with Crippen molar-refractivity contribution in [1.82, 2.24) is 9.78 Å². The maximum absolute atomic E-state index is 14.0. The number of hydrogen-bond acceptors (Lipinski definition) is 4. The second-order valence-corrected chi connectivity index (χ2v) is 6.76. The standard InChI is InChI=1S/C21H20ClFN2O3/c1-28-20-9-6-15(11-18(20)23)19-12-16(13-26)21(27)25(24-19)10-2-3-14-4-7-17(22)8-5-14/h4-9,11-12,26H,2-3,10,13H2,1H3. The Morgan fingerprint density at radius 3 is 2.57 bits per heavy atom. The van der Waals surface area contributed by atoms with Gasteiger partial charge in [-0.05, 0) is 54.8 Å². The van der Waals surface area contributed by atoms with Crippen LogP contribution < -0.4 is 10.3 Å². The Bertz CT molecular complexity index is 1020. The SMILES string of the molecule is COc1ccc(-c2cc(CO)c(=O)n(CCCc3ccc(Cl)cc3)n2)cc1F. The fraction of sp³-hybridized carbons (Fsp3) is 0.238. The zero-order valence-corrected chi connectivity index (χ0v) is 16.1. The Hall–Kier alpha value is -2.70. The van der Waals surface area contributed by atoms with Crippen LogP contribution in [0.15, 0.2) is 53.3 Å². The molecule has 1 heterocycles. The minimum absolute atomic E-state index is 0.127. The first kappa shape index (κ1) is 20.0. The minimum Gasteiger partial charge on any atom is -0.494 e. The first-order valence-electron chi connectivity index (χ1n) is 8.82. The third kappa shape index (κ3) is 4.58. The number of ether oxygens (including phenoxy) is 1. The molecule has 0 saturated carbocycles. The number of benzene rings is 2. The van der Waals surface area contributed by atoms with E-state index in [0.29, 0.717) is 29.2 Å². The van der Waals surface area contributed by atoms with E-state index in [1.54, 1.807) is 6.07 Å². The van der Waals surface area contributed by atoms with Gasteiger partial charge in [0, 0.05) is 22.7 Å². The van der Waals surface area contributed by atoms with E-state index in [0.717, 1.165) is 12.0 Å². The van der Waals surface area contributed by atoms with Crippen LogP contribution in [0, 0.1) is 5.82 Å². The molecular weight excluding hydrogens is 383 g/mol.